The summed E-state index contributed by atoms with van der Waals surface area (Å²) in [7, 11) is 0. The Kier molecular flexibility index (Phi) is 3.43. The van der Waals surface area contributed by atoms with Crippen LogP contribution in [0.1, 0.15) is 21.6 Å². The third-order valence-electron chi connectivity index (χ3n) is 2.46. The molecule has 0 aliphatic rings. The molecule has 2 N–H and O–H groups in total. The van der Waals surface area contributed by atoms with Crippen LogP contribution in [0.3, 0.4) is 0 Å². The number of alkyl halides is 3. The van der Waals surface area contributed by atoms with Crippen LogP contribution in [0, 0.1) is 11.3 Å². The molecule has 0 aliphatic heterocycles. The molecule has 0 saturated carbocycles. The van der Waals surface area contributed by atoms with E-state index in [9.17, 15) is 18.0 Å². The molecule has 0 unspecified atom stereocenters. The summed E-state index contributed by atoms with van der Waals surface area (Å²) >= 11 is 0. The first-order chi connectivity index (χ1) is 9.41. The van der Waals surface area contributed by atoms with Gasteiger partial charge in [-0.15, -0.1) is 0 Å². The van der Waals surface area contributed by atoms with E-state index in [-0.39, 0.29) is 16.9 Å². The fourth-order valence-corrected chi connectivity index (χ4v) is 1.49. The van der Waals surface area contributed by atoms with Crippen LogP contribution in [0.2, 0.25) is 0 Å². The van der Waals surface area contributed by atoms with E-state index in [1.807, 2.05) is 0 Å². The standard InChI is InChI=1S/C12H7F3N4O/c13-12(14,15)8-1-2-9(7(5-8)6-16)18-11(20)10-3-4-17-19-10/h1-5H,(H,17,19)(H,18,20). The first-order valence-electron chi connectivity index (χ1n) is 5.34. The van der Waals surface area contributed by atoms with E-state index in [0.29, 0.717) is 6.07 Å². The molecule has 0 fully saturated rings. The Morgan fingerprint density at radius 2 is 2.10 bits per heavy atom. The van der Waals surface area contributed by atoms with E-state index in [1.54, 1.807) is 6.07 Å². The summed E-state index contributed by atoms with van der Waals surface area (Å²) in [6.45, 7) is 0. The lowest BCUT2D eigenvalue weighted by Gasteiger charge is -2.10. The lowest BCUT2D eigenvalue weighted by Crippen LogP contribution is -2.14. The lowest BCUT2D eigenvalue weighted by molar-refractivity contribution is -0.137. The maximum atomic E-state index is 12.5. The number of halogens is 3. The minimum atomic E-state index is -4.54. The lowest BCUT2D eigenvalue weighted by atomic mass is 10.1. The highest BCUT2D eigenvalue weighted by atomic mass is 19.4. The average molecular weight is 280 g/mol. The predicted molar refractivity (Wildman–Crippen MR) is 62.7 cm³/mol. The number of aromatic amines is 1. The Morgan fingerprint density at radius 3 is 2.65 bits per heavy atom. The minimum Gasteiger partial charge on any atom is -0.319 e. The highest BCUT2D eigenvalue weighted by Gasteiger charge is 2.31. The van der Waals surface area contributed by atoms with Gasteiger partial charge in [-0.1, -0.05) is 0 Å². The molecule has 0 atom stereocenters. The molecule has 1 aromatic heterocycles. The van der Waals surface area contributed by atoms with Gasteiger partial charge in [0.2, 0.25) is 0 Å². The third kappa shape index (κ3) is 2.77. The van der Waals surface area contributed by atoms with Crippen LogP contribution in [0.4, 0.5) is 18.9 Å². The molecule has 2 aromatic rings. The van der Waals surface area contributed by atoms with Gasteiger partial charge in [0.1, 0.15) is 11.8 Å². The van der Waals surface area contributed by atoms with Crippen LogP contribution in [0.25, 0.3) is 0 Å². The quantitative estimate of drug-likeness (QED) is 0.886. The molecule has 1 aromatic carbocycles. The zero-order valence-corrected chi connectivity index (χ0v) is 9.82. The fraction of sp³-hybridized carbons (Fsp3) is 0.0833. The number of benzene rings is 1. The number of nitriles is 1. The SMILES string of the molecule is N#Cc1cc(C(F)(F)F)ccc1NC(=O)c1ccn[nH]1. The van der Waals surface area contributed by atoms with Crippen molar-refractivity contribution in [3.05, 3.63) is 47.3 Å². The maximum Gasteiger partial charge on any atom is 0.416 e. The number of amides is 1. The summed E-state index contributed by atoms with van der Waals surface area (Å²) < 4.78 is 37.5. The molecule has 20 heavy (non-hydrogen) atoms. The molecule has 2 rings (SSSR count). The van der Waals surface area contributed by atoms with Gasteiger partial charge in [0.15, 0.2) is 0 Å². The van der Waals surface area contributed by atoms with Crippen LogP contribution in [-0.2, 0) is 6.18 Å². The molecule has 1 amide bonds. The number of H-pyrrole nitrogens is 1. The number of nitrogens with one attached hydrogen (secondary N) is 2. The molecule has 8 heteroatoms. The van der Waals surface area contributed by atoms with Gasteiger partial charge < -0.3 is 5.32 Å². The van der Waals surface area contributed by atoms with E-state index >= 15 is 0 Å². The van der Waals surface area contributed by atoms with Crippen molar-refractivity contribution in [2.45, 2.75) is 6.18 Å². The molecule has 102 valence electrons. The summed E-state index contributed by atoms with van der Waals surface area (Å²) in [6, 6.07) is 5.53. The van der Waals surface area contributed by atoms with Crippen molar-refractivity contribution in [3.8, 4) is 6.07 Å². The largest absolute Gasteiger partial charge is 0.416 e. The van der Waals surface area contributed by atoms with Crippen LogP contribution in [0.15, 0.2) is 30.5 Å². The molecular weight excluding hydrogens is 273 g/mol. The van der Waals surface area contributed by atoms with Gasteiger partial charge in [-0.3, -0.25) is 9.89 Å². The van der Waals surface area contributed by atoms with Gasteiger partial charge in [0, 0.05) is 6.20 Å². The molecular formula is C12H7F3N4O. The molecule has 1 heterocycles. The summed E-state index contributed by atoms with van der Waals surface area (Å²) in [5, 5.41) is 17.2. The first kappa shape index (κ1) is 13.6. The number of hydrogen-bond acceptors (Lipinski definition) is 3. The topological polar surface area (TPSA) is 81.6 Å². The number of hydrogen-bond donors (Lipinski definition) is 2. The predicted octanol–water partition coefficient (Wildman–Crippen LogP) is 2.55. The Balaban J connectivity index is 2.29. The van der Waals surface area contributed by atoms with Crippen LogP contribution < -0.4 is 5.32 Å². The van der Waals surface area contributed by atoms with E-state index < -0.39 is 17.6 Å². The summed E-state index contributed by atoms with van der Waals surface area (Å²) in [4.78, 5) is 11.7. The Labute approximate surface area is 111 Å². The molecule has 0 radical (unpaired) electrons. The summed E-state index contributed by atoms with van der Waals surface area (Å²) in [5.74, 6) is -0.598. The Bertz CT molecular complexity index is 671. The minimum absolute atomic E-state index is 0.0000926. The van der Waals surface area contributed by atoms with E-state index in [2.05, 4.69) is 15.5 Å². The van der Waals surface area contributed by atoms with Crippen LogP contribution >= 0.6 is 0 Å². The molecule has 0 aliphatic carbocycles. The highest BCUT2D eigenvalue weighted by molar-refractivity contribution is 6.03. The summed E-state index contributed by atoms with van der Waals surface area (Å²) in [6.07, 6.45) is -3.19. The van der Waals surface area contributed by atoms with Crippen molar-refractivity contribution in [1.29, 1.82) is 5.26 Å². The van der Waals surface area contributed by atoms with Crippen molar-refractivity contribution in [2.75, 3.05) is 5.32 Å². The number of carbonyl (C=O) groups excluding carboxylic acids is 1. The van der Waals surface area contributed by atoms with E-state index in [0.717, 1.165) is 12.1 Å². The third-order valence-corrected chi connectivity index (χ3v) is 2.46. The van der Waals surface area contributed by atoms with E-state index in [4.69, 9.17) is 5.26 Å². The number of nitrogens with zero attached hydrogens (tertiary/aromatic N) is 2. The first-order valence-corrected chi connectivity index (χ1v) is 5.34. The number of aromatic nitrogens is 2. The number of rotatable bonds is 2. The second-order valence-electron chi connectivity index (χ2n) is 3.79. The maximum absolute atomic E-state index is 12.5. The molecule has 0 bridgehead atoms. The van der Waals surface area contributed by atoms with Crippen molar-refractivity contribution in [3.63, 3.8) is 0 Å². The van der Waals surface area contributed by atoms with Crippen molar-refractivity contribution < 1.29 is 18.0 Å². The van der Waals surface area contributed by atoms with Gasteiger partial charge in [-0.25, -0.2) is 0 Å². The molecule has 0 spiro atoms. The van der Waals surface area contributed by atoms with Gasteiger partial charge in [-0.05, 0) is 24.3 Å². The van der Waals surface area contributed by atoms with Gasteiger partial charge in [0.25, 0.3) is 5.91 Å². The highest BCUT2D eigenvalue weighted by Crippen LogP contribution is 2.31. The zero-order valence-electron chi connectivity index (χ0n) is 9.82. The van der Waals surface area contributed by atoms with Gasteiger partial charge in [0.05, 0.1) is 16.8 Å². The second kappa shape index (κ2) is 5.05. The second-order valence-corrected chi connectivity index (χ2v) is 3.79. The van der Waals surface area contributed by atoms with Crippen molar-refractivity contribution >= 4 is 11.6 Å². The Morgan fingerprint density at radius 1 is 1.35 bits per heavy atom. The summed E-state index contributed by atoms with van der Waals surface area (Å²) in [5.41, 5.74) is -1.09. The van der Waals surface area contributed by atoms with Crippen molar-refractivity contribution in [2.24, 2.45) is 0 Å². The zero-order chi connectivity index (χ0) is 14.8. The van der Waals surface area contributed by atoms with Crippen LogP contribution in [0.5, 0.6) is 0 Å². The van der Waals surface area contributed by atoms with Gasteiger partial charge >= 0.3 is 6.18 Å². The average Bonchev–Trinajstić information content (AvgIpc) is 2.91. The van der Waals surface area contributed by atoms with Crippen molar-refractivity contribution in [1.82, 2.24) is 10.2 Å². The number of anilines is 1. The van der Waals surface area contributed by atoms with Gasteiger partial charge in [-0.2, -0.15) is 23.5 Å². The fourth-order valence-electron chi connectivity index (χ4n) is 1.49. The van der Waals surface area contributed by atoms with Crippen LogP contribution in [-0.4, -0.2) is 16.1 Å². The molecule has 5 nitrogen and oxygen atoms in total. The number of carbonyl (C=O) groups is 1. The monoisotopic (exact) mass is 280 g/mol. The molecule has 0 saturated heterocycles. The Hall–Kier alpha value is -2.82. The normalized spacial score (nSPS) is 10.9. The van der Waals surface area contributed by atoms with E-state index in [1.165, 1.54) is 12.3 Å². The smallest absolute Gasteiger partial charge is 0.319 e.